The molecule has 1 N–H and O–H groups in total. The summed E-state index contributed by atoms with van der Waals surface area (Å²) in [7, 11) is 0. The maximum absolute atomic E-state index is 13.7. The molecule has 1 aromatic heterocycles. The van der Waals surface area contributed by atoms with Crippen molar-refractivity contribution in [2.75, 3.05) is 0 Å². The van der Waals surface area contributed by atoms with Crippen LogP contribution in [0.2, 0.25) is 5.02 Å². The van der Waals surface area contributed by atoms with Crippen molar-refractivity contribution < 1.29 is 41.2 Å². The maximum atomic E-state index is 13.7. The van der Waals surface area contributed by atoms with Gasteiger partial charge in [-0.2, -0.15) is 26.3 Å². The third-order valence-electron chi connectivity index (χ3n) is 4.26. The van der Waals surface area contributed by atoms with E-state index in [9.17, 15) is 41.3 Å². The molecule has 0 saturated heterocycles. The highest BCUT2D eigenvalue weighted by Gasteiger charge is 2.44. The van der Waals surface area contributed by atoms with Gasteiger partial charge in [-0.1, -0.05) is 23.7 Å². The number of aromatic nitrogens is 2. The van der Waals surface area contributed by atoms with Gasteiger partial charge in [0.15, 0.2) is 5.52 Å². The van der Waals surface area contributed by atoms with Gasteiger partial charge in [0.25, 0.3) is 0 Å². The standard InChI is InChI=1S/C17H8ClF6N3O4/c18-8-3-1-7(2-4-8)5-9-10(16(19,20)21)6-11-12(13(9)27(30)31)25-14(17(22,23)24)26(11)15(28)29/h1-4,6H,5H2,(H,28,29). The van der Waals surface area contributed by atoms with Crippen LogP contribution in [0.3, 0.4) is 0 Å². The van der Waals surface area contributed by atoms with E-state index >= 15 is 0 Å². The molecule has 0 saturated carbocycles. The van der Waals surface area contributed by atoms with Gasteiger partial charge in [-0.3, -0.25) is 10.1 Å². The van der Waals surface area contributed by atoms with Crippen molar-refractivity contribution in [1.29, 1.82) is 0 Å². The molecule has 2 aromatic carbocycles. The summed E-state index contributed by atoms with van der Waals surface area (Å²) in [6.45, 7) is 0. The van der Waals surface area contributed by atoms with Gasteiger partial charge in [0.05, 0.1) is 16.0 Å². The Labute approximate surface area is 172 Å². The molecule has 1 heterocycles. The van der Waals surface area contributed by atoms with E-state index in [1.165, 1.54) is 24.3 Å². The van der Waals surface area contributed by atoms with Gasteiger partial charge in [0.1, 0.15) is 0 Å². The number of hydrogen-bond donors (Lipinski definition) is 1. The molecular weight excluding hydrogens is 460 g/mol. The van der Waals surface area contributed by atoms with Crippen LogP contribution in [0.4, 0.5) is 36.8 Å². The second kappa shape index (κ2) is 7.41. The average molecular weight is 468 g/mol. The minimum Gasteiger partial charge on any atom is -0.464 e. The molecule has 3 aromatic rings. The molecule has 164 valence electrons. The fraction of sp³-hybridized carbons (Fsp3) is 0.176. The first kappa shape index (κ1) is 22.3. The first-order valence-corrected chi connectivity index (χ1v) is 8.44. The van der Waals surface area contributed by atoms with Crippen molar-refractivity contribution in [2.24, 2.45) is 0 Å². The summed E-state index contributed by atoms with van der Waals surface area (Å²) in [6, 6.07) is 5.32. The molecule has 0 fully saturated rings. The molecule has 0 aliphatic rings. The van der Waals surface area contributed by atoms with Crippen LogP contribution in [0.15, 0.2) is 30.3 Å². The fourth-order valence-electron chi connectivity index (χ4n) is 3.05. The van der Waals surface area contributed by atoms with Gasteiger partial charge in [-0.25, -0.2) is 14.3 Å². The predicted molar refractivity (Wildman–Crippen MR) is 94.1 cm³/mol. The number of halogens is 7. The number of hydrogen-bond acceptors (Lipinski definition) is 4. The summed E-state index contributed by atoms with van der Waals surface area (Å²) in [5, 5.41) is 21.0. The summed E-state index contributed by atoms with van der Waals surface area (Å²) < 4.78 is 80.3. The smallest absolute Gasteiger partial charge is 0.450 e. The zero-order valence-electron chi connectivity index (χ0n) is 14.8. The van der Waals surface area contributed by atoms with E-state index in [1.54, 1.807) is 0 Å². The van der Waals surface area contributed by atoms with Crippen LogP contribution >= 0.6 is 11.6 Å². The second-order valence-corrected chi connectivity index (χ2v) is 6.66. The highest BCUT2D eigenvalue weighted by molar-refractivity contribution is 6.30. The summed E-state index contributed by atoms with van der Waals surface area (Å²) in [5.41, 5.74) is -6.18. The van der Waals surface area contributed by atoms with Crippen molar-refractivity contribution in [1.82, 2.24) is 9.55 Å². The van der Waals surface area contributed by atoms with E-state index in [2.05, 4.69) is 4.98 Å². The normalized spacial score (nSPS) is 12.4. The summed E-state index contributed by atoms with van der Waals surface area (Å²) in [4.78, 5) is 24.7. The number of nitrogens with zero attached hydrogens (tertiary/aromatic N) is 3. The van der Waals surface area contributed by atoms with Crippen LogP contribution < -0.4 is 0 Å². The topological polar surface area (TPSA) is 98.3 Å². The van der Waals surface area contributed by atoms with E-state index in [0.717, 1.165) is 0 Å². The fourth-order valence-corrected chi connectivity index (χ4v) is 3.18. The Balaban J connectivity index is 2.46. The Morgan fingerprint density at radius 1 is 1.13 bits per heavy atom. The van der Waals surface area contributed by atoms with Crippen LogP contribution in [-0.4, -0.2) is 25.7 Å². The molecule has 0 aliphatic carbocycles. The molecule has 7 nitrogen and oxygen atoms in total. The lowest BCUT2D eigenvalue weighted by atomic mass is 9.96. The summed E-state index contributed by atoms with van der Waals surface area (Å²) >= 11 is 5.71. The molecule has 3 rings (SSSR count). The Kier molecular flexibility index (Phi) is 5.34. The number of carboxylic acid groups (broad SMARTS) is 1. The lowest BCUT2D eigenvalue weighted by Crippen LogP contribution is -2.20. The average Bonchev–Trinajstić information content (AvgIpc) is 3.01. The molecule has 0 aliphatic heterocycles. The van der Waals surface area contributed by atoms with Crippen LogP contribution in [0.25, 0.3) is 11.0 Å². The Hall–Kier alpha value is -3.35. The van der Waals surface area contributed by atoms with Crippen molar-refractivity contribution in [3.63, 3.8) is 0 Å². The highest BCUT2D eigenvalue weighted by atomic mass is 35.5. The lowest BCUT2D eigenvalue weighted by molar-refractivity contribution is -0.384. The first-order valence-electron chi connectivity index (χ1n) is 8.06. The van der Waals surface area contributed by atoms with Crippen LogP contribution in [0.5, 0.6) is 0 Å². The van der Waals surface area contributed by atoms with Crippen molar-refractivity contribution in [2.45, 2.75) is 18.8 Å². The molecule has 0 radical (unpaired) electrons. The van der Waals surface area contributed by atoms with Gasteiger partial charge in [0, 0.05) is 17.0 Å². The molecule has 0 bridgehead atoms. The number of imidazole rings is 1. The molecule has 14 heteroatoms. The number of carbonyl (C=O) groups is 1. The number of benzene rings is 2. The van der Waals surface area contributed by atoms with Crippen LogP contribution in [0, 0.1) is 10.1 Å². The Morgan fingerprint density at radius 3 is 2.16 bits per heavy atom. The highest BCUT2D eigenvalue weighted by Crippen LogP contribution is 2.43. The number of rotatable bonds is 3. The zero-order chi connectivity index (χ0) is 23.3. The lowest BCUT2D eigenvalue weighted by Gasteiger charge is -2.14. The second-order valence-electron chi connectivity index (χ2n) is 6.23. The molecule has 0 spiro atoms. The minimum atomic E-state index is -5.40. The first-order chi connectivity index (χ1) is 14.2. The number of fused-ring (bicyclic) bond motifs is 1. The van der Waals surface area contributed by atoms with E-state index in [0.29, 0.717) is 0 Å². The van der Waals surface area contributed by atoms with Gasteiger partial charge < -0.3 is 5.11 Å². The SMILES string of the molecule is O=C(O)n1c(C(F)(F)F)nc2c([N+](=O)[O-])c(Cc3ccc(Cl)cc3)c(C(F)(F)F)cc21. The maximum Gasteiger partial charge on any atom is 0.450 e. The van der Waals surface area contributed by atoms with Crippen LogP contribution in [0.1, 0.15) is 22.5 Å². The van der Waals surface area contributed by atoms with E-state index in [1.807, 2.05) is 0 Å². The third-order valence-corrected chi connectivity index (χ3v) is 4.51. The minimum absolute atomic E-state index is 0.115. The molecular formula is C17H8ClF6N3O4. The summed E-state index contributed by atoms with van der Waals surface area (Å²) in [5.74, 6) is -2.10. The number of alkyl halides is 6. The monoisotopic (exact) mass is 467 g/mol. The van der Waals surface area contributed by atoms with Gasteiger partial charge in [-0.15, -0.1) is 0 Å². The molecule has 0 atom stereocenters. The Bertz CT molecular complexity index is 1200. The van der Waals surface area contributed by atoms with E-state index < -0.39 is 68.0 Å². The molecule has 0 unspecified atom stereocenters. The summed E-state index contributed by atoms with van der Waals surface area (Å²) in [6.07, 6.45) is -13.6. The van der Waals surface area contributed by atoms with Gasteiger partial charge in [0.2, 0.25) is 5.82 Å². The van der Waals surface area contributed by atoms with E-state index in [4.69, 9.17) is 16.7 Å². The predicted octanol–water partition coefficient (Wildman–Crippen LogP) is 5.75. The number of nitro benzene ring substituents is 1. The van der Waals surface area contributed by atoms with Gasteiger partial charge >= 0.3 is 24.1 Å². The van der Waals surface area contributed by atoms with Crippen molar-refractivity contribution >= 4 is 34.4 Å². The van der Waals surface area contributed by atoms with Crippen LogP contribution in [-0.2, 0) is 18.8 Å². The third kappa shape index (κ3) is 4.13. The molecule has 0 amide bonds. The number of nitro groups is 1. The largest absolute Gasteiger partial charge is 0.464 e. The molecule has 31 heavy (non-hydrogen) atoms. The zero-order valence-corrected chi connectivity index (χ0v) is 15.5. The van der Waals surface area contributed by atoms with Crippen molar-refractivity contribution in [3.05, 3.63) is 68.0 Å². The van der Waals surface area contributed by atoms with Gasteiger partial charge in [-0.05, 0) is 23.8 Å². The van der Waals surface area contributed by atoms with Crippen molar-refractivity contribution in [3.8, 4) is 0 Å². The Morgan fingerprint density at radius 2 is 1.71 bits per heavy atom. The quantitative estimate of drug-likeness (QED) is 0.300. The van der Waals surface area contributed by atoms with E-state index in [-0.39, 0.29) is 16.7 Å².